The Bertz CT molecular complexity index is 1340. The van der Waals surface area contributed by atoms with Gasteiger partial charge in [0.1, 0.15) is 23.2 Å². The van der Waals surface area contributed by atoms with E-state index in [4.69, 9.17) is 4.74 Å². The quantitative estimate of drug-likeness (QED) is 0.471. The zero-order valence-electron chi connectivity index (χ0n) is 18.6. The van der Waals surface area contributed by atoms with Gasteiger partial charge in [-0.3, -0.25) is 14.4 Å². The molecule has 0 spiro atoms. The van der Waals surface area contributed by atoms with Gasteiger partial charge in [0, 0.05) is 29.3 Å². The first-order valence-electron chi connectivity index (χ1n) is 10.7. The Morgan fingerprint density at radius 2 is 1.94 bits per heavy atom. The number of hydrogen-bond acceptors (Lipinski definition) is 7. The molecular weight excluding hydrogens is 436 g/mol. The number of pyridine rings is 2. The maximum absolute atomic E-state index is 13.1. The standard InChI is InChI=1S/C24H22N6O4/c1-24(2)11-19(31)30-22-15(24)6-8-18(28-22)29-23(33)14-4-3-9-25-21(14)26-13-5-7-17-16(10-13)27-20(32)12-34-17/h3-10H,11-12H2,1-2H3,(H,25,26)(H,27,32)(H2,28,29,30,31,33). The highest BCUT2D eigenvalue weighted by atomic mass is 16.5. The van der Waals surface area contributed by atoms with E-state index in [-0.39, 0.29) is 23.8 Å². The second-order valence-corrected chi connectivity index (χ2v) is 8.73. The van der Waals surface area contributed by atoms with Crippen molar-refractivity contribution in [2.24, 2.45) is 0 Å². The fourth-order valence-electron chi connectivity index (χ4n) is 4.01. The summed E-state index contributed by atoms with van der Waals surface area (Å²) < 4.78 is 5.38. The number of nitrogens with one attached hydrogen (secondary N) is 4. The number of benzene rings is 1. The van der Waals surface area contributed by atoms with E-state index >= 15 is 0 Å². The summed E-state index contributed by atoms with van der Waals surface area (Å²) >= 11 is 0. The maximum Gasteiger partial charge on any atom is 0.262 e. The molecule has 10 nitrogen and oxygen atoms in total. The van der Waals surface area contributed by atoms with Gasteiger partial charge >= 0.3 is 0 Å². The molecule has 2 aliphatic heterocycles. The molecule has 0 saturated heterocycles. The SMILES string of the molecule is CC1(C)CC(=O)Nc2nc(NC(=O)c3cccnc3Nc3ccc4c(c3)NC(=O)CO4)ccc21. The van der Waals surface area contributed by atoms with Crippen LogP contribution in [0, 0.1) is 0 Å². The summed E-state index contributed by atoms with van der Waals surface area (Å²) in [5, 5.41) is 11.4. The number of aromatic nitrogens is 2. The van der Waals surface area contributed by atoms with E-state index in [9.17, 15) is 14.4 Å². The predicted octanol–water partition coefficient (Wildman–Crippen LogP) is 3.42. The number of amides is 3. The van der Waals surface area contributed by atoms with E-state index in [1.54, 1.807) is 42.6 Å². The number of carbonyl (C=O) groups is 3. The van der Waals surface area contributed by atoms with Gasteiger partial charge in [-0.1, -0.05) is 19.9 Å². The Morgan fingerprint density at radius 1 is 1.09 bits per heavy atom. The monoisotopic (exact) mass is 458 g/mol. The van der Waals surface area contributed by atoms with E-state index in [1.807, 2.05) is 19.9 Å². The van der Waals surface area contributed by atoms with E-state index < -0.39 is 5.91 Å². The second-order valence-electron chi connectivity index (χ2n) is 8.73. The van der Waals surface area contributed by atoms with E-state index in [1.165, 1.54) is 0 Å². The number of anilines is 5. The van der Waals surface area contributed by atoms with Crippen LogP contribution in [0.4, 0.5) is 28.8 Å². The van der Waals surface area contributed by atoms with Gasteiger partial charge in [-0.05, 0) is 36.4 Å². The lowest BCUT2D eigenvalue weighted by Gasteiger charge is -2.31. The minimum absolute atomic E-state index is 0.0256. The lowest BCUT2D eigenvalue weighted by Crippen LogP contribution is -2.33. The lowest BCUT2D eigenvalue weighted by molar-refractivity contribution is -0.119. The van der Waals surface area contributed by atoms with Crippen LogP contribution in [0.2, 0.25) is 0 Å². The summed E-state index contributed by atoms with van der Waals surface area (Å²) in [7, 11) is 0. The largest absolute Gasteiger partial charge is 0.482 e. The maximum atomic E-state index is 13.1. The summed E-state index contributed by atoms with van der Waals surface area (Å²) in [5.41, 5.74) is 2.02. The van der Waals surface area contributed by atoms with Crippen molar-refractivity contribution in [2.75, 3.05) is 27.9 Å². The van der Waals surface area contributed by atoms with Crippen LogP contribution in [0.5, 0.6) is 5.75 Å². The molecule has 0 fully saturated rings. The highest BCUT2D eigenvalue weighted by Crippen LogP contribution is 2.37. The number of hydrogen-bond donors (Lipinski definition) is 4. The van der Waals surface area contributed by atoms with Crippen LogP contribution in [-0.2, 0) is 15.0 Å². The molecule has 172 valence electrons. The Hall–Kier alpha value is -4.47. The van der Waals surface area contributed by atoms with Crippen LogP contribution in [0.3, 0.4) is 0 Å². The molecule has 0 aliphatic carbocycles. The topological polar surface area (TPSA) is 134 Å². The molecule has 2 aliphatic rings. The van der Waals surface area contributed by atoms with Crippen molar-refractivity contribution in [1.82, 2.24) is 9.97 Å². The van der Waals surface area contributed by atoms with Gasteiger partial charge in [-0.15, -0.1) is 0 Å². The Balaban J connectivity index is 1.37. The first-order chi connectivity index (χ1) is 16.3. The van der Waals surface area contributed by atoms with Gasteiger partial charge in [-0.2, -0.15) is 0 Å². The number of fused-ring (bicyclic) bond motifs is 2. The molecule has 0 radical (unpaired) electrons. The summed E-state index contributed by atoms with van der Waals surface area (Å²) in [6, 6.07) is 12.1. The fourth-order valence-corrected chi connectivity index (χ4v) is 4.01. The van der Waals surface area contributed by atoms with Crippen LogP contribution in [0.15, 0.2) is 48.7 Å². The molecule has 0 unspecified atom stereocenters. The van der Waals surface area contributed by atoms with Crippen LogP contribution in [0.1, 0.15) is 36.2 Å². The van der Waals surface area contributed by atoms with Gasteiger partial charge in [0.25, 0.3) is 11.8 Å². The van der Waals surface area contributed by atoms with Crippen LogP contribution < -0.4 is 26.0 Å². The minimum atomic E-state index is -0.418. The normalized spacial score (nSPS) is 15.7. The van der Waals surface area contributed by atoms with Crippen molar-refractivity contribution in [1.29, 1.82) is 0 Å². The van der Waals surface area contributed by atoms with E-state index in [0.717, 1.165) is 5.56 Å². The van der Waals surface area contributed by atoms with Gasteiger partial charge in [-0.25, -0.2) is 9.97 Å². The average Bonchev–Trinajstić information content (AvgIpc) is 2.78. The summed E-state index contributed by atoms with van der Waals surface area (Å²) in [6.45, 7) is 3.94. The molecule has 5 rings (SSSR count). The molecular formula is C24H22N6O4. The van der Waals surface area contributed by atoms with Crippen molar-refractivity contribution < 1.29 is 19.1 Å². The molecule has 2 aromatic heterocycles. The van der Waals surface area contributed by atoms with Crippen molar-refractivity contribution in [3.63, 3.8) is 0 Å². The molecule has 1 aromatic carbocycles. The highest BCUT2D eigenvalue weighted by molar-refractivity contribution is 6.07. The third-order valence-corrected chi connectivity index (χ3v) is 5.65. The van der Waals surface area contributed by atoms with E-state index in [2.05, 4.69) is 31.2 Å². The summed E-state index contributed by atoms with van der Waals surface area (Å²) in [5.74, 6) is 0.887. The second kappa shape index (κ2) is 8.14. The average molecular weight is 458 g/mol. The molecule has 0 saturated carbocycles. The predicted molar refractivity (Wildman–Crippen MR) is 127 cm³/mol. The van der Waals surface area contributed by atoms with Gasteiger partial charge in [0.05, 0.1) is 11.3 Å². The van der Waals surface area contributed by atoms with Crippen LogP contribution >= 0.6 is 0 Å². The number of carbonyl (C=O) groups excluding carboxylic acids is 3. The third kappa shape index (κ3) is 4.13. The van der Waals surface area contributed by atoms with Crippen LogP contribution in [0.25, 0.3) is 0 Å². The molecule has 4 heterocycles. The Labute approximate surface area is 195 Å². The smallest absolute Gasteiger partial charge is 0.262 e. The molecule has 34 heavy (non-hydrogen) atoms. The summed E-state index contributed by atoms with van der Waals surface area (Å²) in [4.78, 5) is 45.4. The Kier molecular flexibility index (Phi) is 5.12. The first kappa shape index (κ1) is 21.4. The molecule has 3 aromatic rings. The Morgan fingerprint density at radius 3 is 2.79 bits per heavy atom. The zero-order valence-corrected chi connectivity index (χ0v) is 18.6. The fraction of sp³-hybridized carbons (Fsp3) is 0.208. The third-order valence-electron chi connectivity index (χ3n) is 5.65. The number of ether oxygens (including phenoxy) is 1. The molecule has 3 amide bonds. The lowest BCUT2D eigenvalue weighted by atomic mass is 9.79. The van der Waals surface area contributed by atoms with Crippen molar-refractivity contribution in [2.45, 2.75) is 25.7 Å². The zero-order chi connectivity index (χ0) is 23.9. The van der Waals surface area contributed by atoms with Gasteiger partial charge in [0.15, 0.2) is 6.61 Å². The molecule has 0 atom stereocenters. The molecule has 0 bridgehead atoms. The minimum Gasteiger partial charge on any atom is -0.482 e. The van der Waals surface area contributed by atoms with Crippen LogP contribution in [-0.4, -0.2) is 34.3 Å². The molecule has 10 heteroatoms. The molecule has 4 N–H and O–H groups in total. The van der Waals surface area contributed by atoms with E-state index in [0.29, 0.717) is 46.6 Å². The number of rotatable bonds is 4. The van der Waals surface area contributed by atoms with Crippen molar-refractivity contribution in [3.8, 4) is 5.75 Å². The van der Waals surface area contributed by atoms with Crippen molar-refractivity contribution in [3.05, 3.63) is 59.8 Å². The number of nitrogens with zero attached hydrogens (tertiary/aromatic N) is 2. The summed E-state index contributed by atoms with van der Waals surface area (Å²) in [6.07, 6.45) is 1.94. The highest BCUT2D eigenvalue weighted by Gasteiger charge is 2.33. The first-order valence-corrected chi connectivity index (χ1v) is 10.7. The van der Waals surface area contributed by atoms with Gasteiger partial charge in [0.2, 0.25) is 5.91 Å². The van der Waals surface area contributed by atoms with Crippen molar-refractivity contribution >= 4 is 46.5 Å². The van der Waals surface area contributed by atoms with Gasteiger partial charge < -0.3 is 26.0 Å².